The molecule has 0 bridgehead atoms. The molecule has 1 aliphatic carbocycles. The molecule has 1 aliphatic rings. The fourth-order valence-electron chi connectivity index (χ4n) is 4.04. The second-order valence-corrected chi connectivity index (χ2v) is 8.01. The SMILES string of the molecule is CNc1ccc(Oc2ncnc3cc(OCCOC)c(OCCOC)cc23)c2c1C=CCC2C. The lowest BCUT2D eigenvalue weighted by molar-refractivity contribution is 0.132. The zero-order chi connectivity index (χ0) is 23.9. The Morgan fingerprint density at radius 2 is 1.68 bits per heavy atom. The van der Waals surface area contributed by atoms with Gasteiger partial charge in [0.2, 0.25) is 5.88 Å². The molecule has 0 saturated heterocycles. The summed E-state index contributed by atoms with van der Waals surface area (Å²) in [6, 6.07) is 7.72. The van der Waals surface area contributed by atoms with E-state index in [2.05, 4.69) is 34.4 Å². The molecule has 0 spiro atoms. The van der Waals surface area contributed by atoms with Crippen LogP contribution in [0.4, 0.5) is 5.69 Å². The van der Waals surface area contributed by atoms with Crippen molar-refractivity contribution in [3.63, 3.8) is 0 Å². The third kappa shape index (κ3) is 5.08. The molecule has 0 saturated carbocycles. The van der Waals surface area contributed by atoms with Crippen LogP contribution >= 0.6 is 0 Å². The van der Waals surface area contributed by atoms with Crippen molar-refractivity contribution in [2.75, 3.05) is 53.0 Å². The number of rotatable bonds is 11. The first kappa shape index (κ1) is 23.8. The van der Waals surface area contributed by atoms with Gasteiger partial charge in [-0.15, -0.1) is 0 Å². The Kier molecular flexibility index (Phi) is 7.82. The normalized spacial score (nSPS) is 14.6. The van der Waals surface area contributed by atoms with Gasteiger partial charge in [-0.2, -0.15) is 0 Å². The third-order valence-corrected chi connectivity index (χ3v) is 5.74. The van der Waals surface area contributed by atoms with Crippen LogP contribution in [0.5, 0.6) is 23.1 Å². The lowest BCUT2D eigenvalue weighted by Gasteiger charge is -2.24. The fraction of sp³-hybridized carbons (Fsp3) is 0.385. The summed E-state index contributed by atoms with van der Waals surface area (Å²) >= 11 is 0. The van der Waals surface area contributed by atoms with Gasteiger partial charge in [0.25, 0.3) is 0 Å². The van der Waals surface area contributed by atoms with Crippen molar-refractivity contribution < 1.29 is 23.7 Å². The van der Waals surface area contributed by atoms with Crippen molar-refractivity contribution in [3.8, 4) is 23.1 Å². The van der Waals surface area contributed by atoms with Crippen LogP contribution in [0.1, 0.15) is 30.4 Å². The molecule has 2 aromatic carbocycles. The lowest BCUT2D eigenvalue weighted by Crippen LogP contribution is -2.09. The lowest BCUT2D eigenvalue weighted by atomic mass is 9.86. The number of hydrogen-bond donors (Lipinski definition) is 1. The molecule has 8 nitrogen and oxygen atoms in total. The van der Waals surface area contributed by atoms with E-state index >= 15 is 0 Å². The van der Waals surface area contributed by atoms with E-state index in [9.17, 15) is 0 Å². The van der Waals surface area contributed by atoms with Crippen LogP contribution < -0.4 is 19.5 Å². The van der Waals surface area contributed by atoms with Gasteiger partial charge in [-0.05, 0) is 30.5 Å². The highest BCUT2D eigenvalue weighted by molar-refractivity contribution is 5.87. The van der Waals surface area contributed by atoms with E-state index in [4.69, 9.17) is 23.7 Å². The van der Waals surface area contributed by atoms with E-state index in [-0.39, 0.29) is 0 Å². The number of anilines is 1. The van der Waals surface area contributed by atoms with Crippen LogP contribution in [0.15, 0.2) is 36.7 Å². The van der Waals surface area contributed by atoms with Crippen molar-refractivity contribution in [1.29, 1.82) is 0 Å². The number of nitrogens with zero attached hydrogens (tertiary/aromatic N) is 2. The number of allylic oxidation sites excluding steroid dienone is 1. The highest BCUT2D eigenvalue weighted by Gasteiger charge is 2.22. The molecule has 1 atom stereocenters. The molecule has 0 fully saturated rings. The van der Waals surface area contributed by atoms with Gasteiger partial charge in [0, 0.05) is 44.1 Å². The van der Waals surface area contributed by atoms with E-state index in [0.717, 1.165) is 34.4 Å². The molecular formula is C26H31N3O5. The molecule has 34 heavy (non-hydrogen) atoms. The van der Waals surface area contributed by atoms with E-state index in [1.54, 1.807) is 14.2 Å². The molecule has 0 amide bonds. The molecule has 1 heterocycles. The van der Waals surface area contributed by atoms with Crippen molar-refractivity contribution in [2.45, 2.75) is 19.3 Å². The van der Waals surface area contributed by atoms with Crippen molar-refractivity contribution >= 4 is 22.7 Å². The Balaban J connectivity index is 1.74. The molecule has 1 unspecified atom stereocenters. The van der Waals surface area contributed by atoms with Crippen LogP contribution in [-0.4, -0.2) is 57.7 Å². The number of nitrogens with one attached hydrogen (secondary N) is 1. The minimum Gasteiger partial charge on any atom is -0.487 e. The first-order valence-corrected chi connectivity index (χ1v) is 11.4. The summed E-state index contributed by atoms with van der Waals surface area (Å²) < 4.78 is 28.5. The van der Waals surface area contributed by atoms with Gasteiger partial charge in [-0.1, -0.05) is 19.1 Å². The van der Waals surface area contributed by atoms with Crippen molar-refractivity contribution in [1.82, 2.24) is 9.97 Å². The minimum absolute atomic E-state index is 0.324. The van der Waals surface area contributed by atoms with Crippen LogP contribution in [0.25, 0.3) is 17.0 Å². The number of methoxy groups -OCH3 is 2. The number of benzene rings is 2. The first-order chi connectivity index (χ1) is 16.7. The van der Waals surface area contributed by atoms with Gasteiger partial charge in [0.15, 0.2) is 11.5 Å². The molecule has 1 N–H and O–H groups in total. The van der Waals surface area contributed by atoms with Crippen molar-refractivity contribution in [3.05, 3.63) is 47.8 Å². The third-order valence-electron chi connectivity index (χ3n) is 5.74. The number of aromatic nitrogens is 2. The molecule has 8 heteroatoms. The van der Waals surface area contributed by atoms with Crippen molar-refractivity contribution in [2.24, 2.45) is 0 Å². The van der Waals surface area contributed by atoms with E-state index < -0.39 is 0 Å². The standard InChI is InChI=1S/C26H31N3O5/c1-17-6-5-7-18-20(27-2)8-9-22(25(17)18)34-26-19-14-23(32-12-10-30-3)24(33-13-11-31-4)15-21(19)28-16-29-26/h5,7-9,14-17,27H,6,10-13H2,1-4H3. The van der Waals surface area contributed by atoms with Gasteiger partial charge < -0.3 is 29.0 Å². The molecule has 0 radical (unpaired) electrons. The summed E-state index contributed by atoms with van der Waals surface area (Å²) in [6.45, 7) is 3.91. The monoisotopic (exact) mass is 465 g/mol. The number of fused-ring (bicyclic) bond motifs is 2. The van der Waals surface area contributed by atoms with Crippen LogP contribution in [0.2, 0.25) is 0 Å². The maximum Gasteiger partial charge on any atom is 0.230 e. The summed E-state index contributed by atoms with van der Waals surface area (Å²) in [4.78, 5) is 8.89. The zero-order valence-electron chi connectivity index (χ0n) is 20.1. The Labute approximate surface area is 199 Å². The summed E-state index contributed by atoms with van der Waals surface area (Å²) in [7, 11) is 5.20. The molecule has 3 aromatic rings. The van der Waals surface area contributed by atoms with Gasteiger partial charge in [-0.3, -0.25) is 0 Å². The van der Waals surface area contributed by atoms with Gasteiger partial charge in [-0.25, -0.2) is 9.97 Å². The Hall–Kier alpha value is -3.36. The average molecular weight is 466 g/mol. The molecule has 0 aliphatic heterocycles. The van der Waals surface area contributed by atoms with Crippen LogP contribution in [0, 0.1) is 0 Å². The predicted octanol–water partition coefficient (Wildman–Crippen LogP) is 5.03. The van der Waals surface area contributed by atoms with Gasteiger partial charge in [0.1, 0.15) is 25.3 Å². The van der Waals surface area contributed by atoms with Gasteiger partial charge >= 0.3 is 0 Å². The van der Waals surface area contributed by atoms with Crippen LogP contribution in [-0.2, 0) is 9.47 Å². The fourth-order valence-corrected chi connectivity index (χ4v) is 4.04. The quantitative estimate of drug-likeness (QED) is 0.395. The summed E-state index contributed by atoms with van der Waals surface area (Å²) in [5.74, 6) is 2.73. The smallest absolute Gasteiger partial charge is 0.230 e. The summed E-state index contributed by atoms with van der Waals surface area (Å²) in [6.07, 6.45) is 6.81. The second kappa shape index (κ2) is 11.2. The molecular weight excluding hydrogens is 434 g/mol. The van der Waals surface area contributed by atoms with E-state index in [1.807, 2.05) is 31.3 Å². The average Bonchev–Trinajstić information content (AvgIpc) is 2.85. The second-order valence-electron chi connectivity index (χ2n) is 8.01. The van der Waals surface area contributed by atoms with Gasteiger partial charge in [0.05, 0.1) is 24.1 Å². The van der Waals surface area contributed by atoms with E-state index in [1.165, 1.54) is 6.33 Å². The highest BCUT2D eigenvalue weighted by atomic mass is 16.5. The first-order valence-electron chi connectivity index (χ1n) is 11.4. The molecule has 180 valence electrons. The highest BCUT2D eigenvalue weighted by Crippen LogP contribution is 2.43. The molecule has 1 aromatic heterocycles. The Bertz CT molecular complexity index is 1160. The van der Waals surface area contributed by atoms with E-state index in [0.29, 0.717) is 55.2 Å². The Morgan fingerprint density at radius 1 is 0.941 bits per heavy atom. The summed E-state index contributed by atoms with van der Waals surface area (Å²) in [5.41, 5.74) is 4.08. The maximum atomic E-state index is 6.43. The number of hydrogen-bond acceptors (Lipinski definition) is 8. The largest absolute Gasteiger partial charge is 0.487 e. The summed E-state index contributed by atoms with van der Waals surface area (Å²) in [5, 5.41) is 4.01. The minimum atomic E-state index is 0.324. The Morgan fingerprint density at radius 3 is 2.38 bits per heavy atom. The predicted molar refractivity (Wildman–Crippen MR) is 132 cm³/mol. The topological polar surface area (TPSA) is 84.0 Å². The number of ether oxygens (including phenoxy) is 5. The zero-order valence-corrected chi connectivity index (χ0v) is 20.1. The van der Waals surface area contributed by atoms with Crippen LogP contribution in [0.3, 0.4) is 0 Å². The maximum absolute atomic E-state index is 6.43. The molecule has 4 rings (SSSR count).